The van der Waals surface area contributed by atoms with E-state index in [4.69, 9.17) is 16.3 Å². The largest absolute Gasteiger partial charge is 0.493 e. The second kappa shape index (κ2) is 9.58. The Hall–Kier alpha value is -2.76. The van der Waals surface area contributed by atoms with Gasteiger partial charge in [-0.15, -0.1) is 0 Å². The van der Waals surface area contributed by atoms with Gasteiger partial charge in [0, 0.05) is 10.6 Å². The number of amides is 2. The summed E-state index contributed by atoms with van der Waals surface area (Å²) in [6.45, 7) is 2.86. The summed E-state index contributed by atoms with van der Waals surface area (Å²) in [5.74, 6) is 0.396. The van der Waals surface area contributed by atoms with Crippen LogP contribution in [0, 0.1) is 0 Å². The van der Waals surface area contributed by atoms with E-state index in [1.54, 1.807) is 12.1 Å². The number of benzene rings is 3. The lowest BCUT2D eigenvalue weighted by Crippen LogP contribution is -2.27. The number of rotatable bonds is 7. The standard InChI is InChI=1S/C25H22ClNO3S/c1-2-3-14-30-22-13-12-17-8-4-6-10-19(17)20(22)15-23-24(28)27(25(29)31-23)16-18-9-5-7-11-21(18)26/h4-13,15H,2-3,14,16H2,1H3/b23-15-. The molecule has 0 aliphatic carbocycles. The van der Waals surface area contributed by atoms with Crippen molar-refractivity contribution in [1.29, 1.82) is 0 Å². The van der Waals surface area contributed by atoms with Crippen molar-refractivity contribution in [2.75, 3.05) is 6.61 Å². The molecule has 158 valence electrons. The first-order chi connectivity index (χ1) is 15.1. The average molecular weight is 452 g/mol. The first-order valence-corrected chi connectivity index (χ1v) is 11.4. The Morgan fingerprint density at radius 3 is 2.61 bits per heavy atom. The number of thioether (sulfide) groups is 1. The number of carbonyl (C=O) groups excluding carboxylic acids is 2. The Morgan fingerprint density at radius 1 is 1.03 bits per heavy atom. The molecule has 0 atom stereocenters. The summed E-state index contributed by atoms with van der Waals surface area (Å²) in [5, 5.41) is 2.26. The summed E-state index contributed by atoms with van der Waals surface area (Å²) in [4.78, 5) is 27.3. The van der Waals surface area contributed by atoms with E-state index in [0.717, 1.165) is 46.5 Å². The normalized spacial score (nSPS) is 15.3. The summed E-state index contributed by atoms with van der Waals surface area (Å²) >= 11 is 7.17. The summed E-state index contributed by atoms with van der Waals surface area (Å²) in [5.41, 5.74) is 1.55. The summed E-state index contributed by atoms with van der Waals surface area (Å²) in [7, 11) is 0. The highest BCUT2D eigenvalue weighted by Gasteiger charge is 2.35. The zero-order valence-electron chi connectivity index (χ0n) is 17.1. The number of imide groups is 1. The molecular formula is C25H22ClNO3S. The molecule has 3 aromatic rings. The number of hydrogen-bond acceptors (Lipinski definition) is 4. The molecule has 0 unspecified atom stereocenters. The summed E-state index contributed by atoms with van der Waals surface area (Å²) in [6.07, 6.45) is 3.76. The second-order valence-corrected chi connectivity index (χ2v) is 8.66. The van der Waals surface area contributed by atoms with Crippen molar-refractivity contribution < 1.29 is 14.3 Å². The van der Waals surface area contributed by atoms with E-state index in [1.165, 1.54) is 4.90 Å². The first kappa shape index (κ1) is 21.5. The quantitative estimate of drug-likeness (QED) is 0.289. The number of carbonyl (C=O) groups is 2. The maximum atomic E-state index is 13.1. The van der Waals surface area contributed by atoms with E-state index in [9.17, 15) is 9.59 Å². The highest BCUT2D eigenvalue weighted by atomic mass is 35.5. The predicted molar refractivity (Wildman–Crippen MR) is 127 cm³/mol. The lowest BCUT2D eigenvalue weighted by atomic mass is 10.0. The second-order valence-electron chi connectivity index (χ2n) is 7.26. The average Bonchev–Trinajstić information content (AvgIpc) is 3.04. The van der Waals surface area contributed by atoms with Crippen molar-refractivity contribution in [2.45, 2.75) is 26.3 Å². The van der Waals surface area contributed by atoms with Crippen LogP contribution in [-0.4, -0.2) is 22.7 Å². The Balaban J connectivity index is 1.69. The summed E-state index contributed by atoms with van der Waals surface area (Å²) in [6, 6.07) is 19.1. The highest BCUT2D eigenvalue weighted by molar-refractivity contribution is 8.18. The molecule has 2 amide bonds. The fraction of sp³-hybridized carbons (Fsp3) is 0.200. The Bertz CT molecular complexity index is 1170. The molecule has 0 spiro atoms. The van der Waals surface area contributed by atoms with Crippen molar-refractivity contribution in [2.24, 2.45) is 0 Å². The third kappa shape index (κ3) is 4.63. The van der Waals surface area contributed by atoms with Gasteiger partial charge in [0.25, 0.3) is 11.1 Å². The van der Waals surface area contributed by atoms with Crippen molar-refractivity contribution in [3.63, 3.8) is 0 Å². The van der Waals surface area contributed by atoms with E-state index in [2.05, 4.69) is 6.92 Å². The maximum Gasteiger partial charge on any atom is 0.293 e. The Labute approximate surface area is 190 Å². The highest BCUT2D eigenvalue weighted by Crippen LogP contribution is 2.37. The molecule has 4 rings (SSSR count). The zero-order valence-corrected chi connectivity index (χ0v) is 18.7. The molecule has 4 nitrogen and oxygen atoms in total. The topological polar surface area (TPSA) is 46.6 Å². The van der Waals surface area contributed by atoms with E-state index in [1.807, 2.05) is 54.6 Å². The predicted octanol–water partition coefficient (Wildman–Crippen LogP) is 6.91. The van der Waals surface area contributed by atoms with Gasteiger partial charge in [0.2, 0.25) is 0 Å². The van der Waals surface area contributed by atoms with E-state index < -0.39 is 0 Å². The first-order valence-electron chi connectivity index (χ1n) is 10.2. The number of halogens is 1. The number of ether oxygens (including phenoxy) is 1. The monoisotopic (exact) mass is 451 g/mol. The van der Waals surface area contributed by atoms with Gasteiger partial charge < -0.3 is 4.74 Å². The molecule has 0 saturated carbocycles. The van der Waals surface area contributed by atoms with Crippen LogP contribution >= 0.6 is 23.4 Å². The van der Waals surface area contributed by atoms with Gasteiger partial charge in [-0.3, -0.25) is 14.5 Å². The third-order valence-electron chi connectivity index (χ3n) is 5.12. The lowest BCUT2D eigenvalue weighted by molar-refractivity contribution is -0.123. The van der Waals surface area contributed by atoms with Gasteiger partial charge in [0.1, 0.15) is 5.75 Å². The molecule has 0 N–H and O–H groups in total. The van der Waals surface area contributed by atoms with Crippen molar-refractivity contribution in [3.8, 4) is 5.75 Å². The van der Waals surface area contributed by atoms with Crippen LogP contribution in [0.25, 0.3) is 16.8 Å². The molecule has 1 aliphatic heterocycles. The zero-order chi connectivity index (χ0) is 21.8. The number of unbranched alkanes of at least 4 members (excludes halogenated alkanes) is 1. The number of nitrogens with zero attached hydrogens (tertiary/aromatic N) is 1. The molecule has 0 aromatic heterocycles. The Morgan fingerprint density at radius 2 is 1.81 bits per heavy atom. The van der Waals surface area contributed by atoms with Crippen LogP contribution in [0.15, 0.2) is 65.6 Å². The van der Waals surface area contributed by atoms with Crippen LogP contribution < -0.4 is 4.74 Å². The minimum absolute atomic E-state index is 0.150. The minimum Gasteiger partial charge on any atom is -0.493 e. The molecule has 6 heteroatoms. The molecule has 1 saturated heterocycles. The molecule has 0 bridgehead atoms. The molecule has 1 fully saturated rings. The minimum atomic E-state index is -0.317. The smallest absolute Gasteiger partial charge is 0.293 e. The van der Waals surface area contributed by atoms with Crippen molar-refractivity contribution in [3.05, 3.63) is 81.7 Å². The Kier molecular flexibility index (Phi) is 6.64. The van der Waals surface area contributed by atoms with Gasteiger partial charge in [-0.1, -0.05) is 73.5 Å². The molecule has 31 heavy (non-hydrogen) atoms. The van der Waals surface area contributed by atoms with Crippen LogP contribution in [0.2, 0.25) is 5.02 Å². The maximum absolute atomic E-state index is 13.1. The van der Waals surface area contributed by atoms with Gasteiger partial charge in [0.05, 0.1) is 18.1 Å². The molecule has 1 heterocycles. The van der Waals surface area contributed by atoms with Gasteiger partial charge in [0.15, 0.2) is 0 Å². The number of hydrogen-bond donors (Lipinski definition) is 0. The summed E-state index contributed by atoms with van der Waals surface area (Å²) < 4.78 is 6.02. The third-order valence-corrected chi connectivity index (χ3v) is 6.40. The van der Waals surface area contributed by atoms with Crippen LogP contribution in [0.3, 0.4) is 0 Å². The van der Waals surface area contributed by atoms with Crippen LogP contribution in [0.4, 0.5) is 4.79 Å². The SMILES string of the molecule is CCCCOc1ccc2ccccc2c1/C=C1\SC(=O)N(Cc2ccccc2Cl)C1=O. The fourth-order valence-corrected chi connectivity index (χ4v) is 4.46. The van der Waals surface area contributed by atoms with Crippen LogP contribution in [-0.2, 0) is 11.3 Å². The van der Waals surface area contributed by atoms with Crippen LogP contribution in [0.1, 0.15) is 30.9 Å². The molecule has 0 radical (unpaired) electrons. The van der Waals surface area contributed by atoms with Crippen molar-refractivity contribution >= 4 is 51.4 Å². The van der Waals surface area contributed by atoms with Gasteiger partial charge >= 0.3 is 0 Å². The molecular weight excluding hydrogens is 430 g/mol. The van der Waals surface area contributed by atoms with E-state index in [-0.39, 0.29) is 17.7 Å². The molecule has 3 aromatic carbocycles. The van der Waals surface area contributed by atoms with E-state index >= 15 is 0 Å². The molecule has 1 aliphatic rings. The van der Waals surface area contributed by atoms with Gasteiger partial charge in [-0.2, -0.15) is 0 Å². The van der Waals surface area contributed by atoms with E-state index in [0.29, 0.717) is 22.3 Å². The number of fused-ring (bicyclic) bond motifs is 1. The lowest BCUT2D eigenvalue weighted by Gasteiger charge is -2.14. The van der Waals surface area contributed by atoms with Gasteiger partial charge in [-0.05, 0) is 52.7 Å². The fourth-order valence-electron chi connectivity index (χ4n) is 3.44. The van der Waals surface area contributed by atoms with Gasteiger partial charge in [-0.25, -0.2) is 0 Å². The van der Waals surface area contributed by atoms with Crippen LogP contribution in [0.5, 0.6) is 5.75 Å². The van der Waals surface area contributed by atoms with Crippen molar-refractivity contribution in [1.82, 2.24) is 4.90 Å².